The molecule has 3 rings (SSSR count). The number of halogens is 5. The van der Waals surface area contributed by atoms with E-state index >= 15 is 0 Å². The number of fused-ring (bicyclic) bond motifs is 1. The van der Waals surface area contributed by atoms with E-state index in [-0.39, 0.29) is 0 Å². The van der Waals surface area contributed by atoms with Gasteiger partial charge in [-0.15, -0.1) is 0 Å². The van der Waals surface area contributed by atoms with Crippen LogP contribution in [0.4, 0.5) is 13.2 Å². The van der Waals surface area contributed by atoms with Gasteiger partial charge in [-0.2, -0.15) is 13.2 Å². The maximum atomic E-state index is 12.7. The summed E-state index contributed by atoms with van der Waals surface area (Å²) in [5, 5.41) is 0.466. The minimum atomic E-state index is -4.38. The number of benzene rings is 2. The molecule has 1 aromatic heterocycles. The van der Waals surface area contributed by atoms with Gasteiger partial charge in [-0.25, -0.2) is 4.98 Å². The van der Waals surface area contributed by atoms with Crippen molar-refractivity contribution in [3.05, 3.63) is 51.5 Å². The molecule has 0 spiro atoms. The number of imidazole rings is 1. The van der Waals surface area contributed by atoms with Crippen molar-refractivity contribution in [3.8, 4) is 11.4 Å². The average Bonchev–Trinajstić information content (AvgIpc) is 2.83. The van der Waals surface area contributed by atoms with E-state index in [0.29, 0.717) is 27.4 Å². The van der Waals surface area contributed by atoms with Crippen LogP contribution in [0.2, 0.25) is 5.02 Å². The Morgan fingerprint density at radius 1 is 1.10 bits per heavy atom. The third-order valence-electron chi connectivity index (χ3n) is 2.99. The van der Waals surface area contributed by atoms with E-state index in [1.54, 1.807) is 18.2 Å². The highest BCUT2D eigenvalue weighted by atomic mass is 79.9. The lowest BCUT2D eigenvalue weighted by atomic mass is 10.2. The van der Waals surface area contributed by atoms with Crippen molar-refractivity contribution in [2.75, 3.05) is 0 Å². The summed E-state index contributed by atoms with van der Waals surface area (Å²) in [7, 11) is 0. The molecule has 0 bridgehead atoms. The molecule has 0 aliphatic carbocycles. The molecule has 1 heterocycles. The first-order chi connectivity index (χ1) is 9.84. The number of hydrogen-bond donors (Lipinski definition) is 1. The Labute approximate surface area is 131 Å². The first kappa shape index (κ1) is 14.4. The van der Waals surface area contributed by atoms with Gasteiger partial charge < -0.3 is 4.98 Å². The molecule has 0 saturated heterocycles. The van der Waals surface area contributed by atoms with Gasteiger partial charge in [-0.05, 0) is 36.4 Å². The number of aromatic amines is 1. The number of nitrogens with zero attached hydrogens (tertiary/aromatic N) is 1. The smallest absolute Gasteiger partial charge is 0.338 e. The summed E-state index contributed by atoms with van der Waals surface area (Å²) in [4.78, 5) is 7.16. The molecule has 0 unspecified atom stereocenters. The summed E-state index contributed by atoms with van der Waals surface area (Å²) in [5.41, 5.74) is 0.672. The molecule has 0 fully saturated rings. The van der Waals surface area contributed by atoms with Gasteiger partial charge in [0.15, 0.2) is 0 Å². The van der Waals surface area contributed by atoms with Crippen molar-refractivity contribution in [1.82, 2.24) is 9.97 Å². The van der Waals surface area contributed by atoms with E-state index < -0.39 is 11.7 Å². The van der Waals surface area contributed by atoms with Gasteiger partial charge in [0.1, 0.15) is 5.82 Å². The lowest BCUT2D eigenvalue weighted by Gasteiger charge is -2.05. The highest BCUT2D eigenvalue weighted by Gasteiger charge is 2.30. The molecule has 3 aromatic rings. The maximum absolute atomic E-state index is 12.7. The molecular formula is C14H7BrClF3N2. The zero-order chi connectivity index (χ0) is 15.2. The molecule has 0 radical (unpaired) electrons. The number of alkyl halides is 3. The van der Waals surface area contributed by atoms with Crippen molar-refractivity contribution >= 4 is 38.6 Å². The average molecular weight is 376 g/mol. The topological polar surface area (TPSA) is 28.7 Å². The molecule has 21 heavy (non-hydrogen) atoms. The third-order valence-corrected chi connectivity index (χ3v) is 3.82. The second kappa shape index (κ2) is 5.03. The lowest BCUT2D eigenvalue weighted by molar-refractivity contribution is -0.137. The Morgan fingerprint density at radius 3 is 2.57 bits per heavy atom. The number of H-pyrrole nitrogens is 1. The van der Waals surface area contributed by atoms with Crippen molar-refractivity contribution in [3.63, 3.8) is 0 Å². The Hall–Kier alpha value is -1.53. The van der Waals surface area contributed by atoms with Crippen LogP contribution in [0, 0.1) is 0 Å². The Balaban J connectivity index is 2.15. The molecule has 0 aliphatic rings. The van der Waals surface area contributed by atoms with Gasteiger partial charge in [0.25, 0.3) is 0 Å². The second-order valence-corrected chi connectivity index (χ2v) is 5.76. The second-order valence-electron chi connectivity index (χ2n) is 4.44. The largest absolute Gasteiger partial charge is 0.416 e. The molecule has 0 amide bonds. The van der Waals surface area contributed by atoms with Crippen LogP contribution in [0.1, 0.15) is 5.56 Å². The number of nitrogens with one attached hydrogen (secondary N) is 1. The molecule has 0 saturated carbocycles. The van der Waals surface area contributed by atoms with Crippen molar-refractivity contribution in [2.24, 2.45) is 0 Å². The standard InChI is InChI=1S/C14H7BrClF3N2/c15-8-2-3-10(16)9(6-8)13-20-11-4-1-7(14(17,18)19)5-12(11)21-13/h1-6H,(H,20,21). The predicted octanol–water partition coefficient (Wildman–Crippen LogP) is 5.66. The van der Waals surface area contributed by atoms with Crippen LogP contribution in [0.15, 0.2) is 40.9 Å². The van der Waals surface area contributed by atoms with Crippen molar-refractivity contribution in [2.45, 2.75) is 6.18 Å². The van der Waals surface area contributed by atoms with E-state index in [1.807, 2.05) is 0 Å². The van der Waals surface area contributed by atoms with Gasteiger partial charge >= 0.3 is 6.18 Å². The summed E-state index contributed by atoms with van der Waals surface area (Å²) in [6.45, 7) is 0. The van der Waals surface area contributed by atoms with Crippen LogP contribution in [0.25, 0.3) is 22.4 Å². The first-order valence-corrected chi connectivity index (χ1v) is 7.04. The Morgan fingerprint density at radius 2 is 1.86 bits per heavy atom. The molecular weight excluding hydrogens is 369 g/mol. The zero-order valence-electron chi connectivity index (χ0n) is 10.3. The fraction of sp³-hybridized carbons (Fsp3) is 0.0714. The normalized spacial score (nSPS) is 12.0. The molecule has 1 N–H and O–H groups in total. The van der Waals surface area contributed by atoms with Crippen molar-refractivity contribution in [1.29, 1.82) is 0 Å². The molecule has 0 aliphatic heterocycles. The van der Waals surface area contributed by atoms with Crippen LogP contribution < -0.4 is 0 Å². The number of rotatable bonds is 1. The zero-order valence-corrected chi connectivity index (χ0v) is 12.6. The predicted molar refractivity (Wildman–Crippen MR) is 79.2 cm³/mol. The van der Waals surface area contributed by atoms with Gasteiger partial charge in [-0.3, -0.25) is 0 Å². The van der Waals surface area contributed by atoms with E-state index in [9.17, 15) is 13.2 Å². The molecule has 108 valence electrons. The molecule has 2 aromatic carbocycles. The summed E-state index contributed by atoms with van der Waals surface area (Å²) in [6.07, 6.45) is -4.38. The van der Waals surface area contributed by atoms with Gasteiger partial charge in [0.2, 0.25) is 0 Å². The SMILES string of the molecule is FC(F)(F)c1ccc2nc(-c3cc(Br)ccc3Cl)[nH]c2c1. The highest BCUT2D eigenvalue weighted by Crippen LogP contribution is 2.33. The summed E-state index contributed by atoms with van der Waals surface area (Å²) < 4.78 is 38.9. The van der Waals surface area contributed by atoms with Crippen LogP contribution >= 0.6 is 27.5 Å². The van der Waals surface area contributed by atoms with Crippen LogP contribution in [0.5, 0.6) is 0 Å². The van der Waals surface area contributed by atoms with E-state index in [0.717, 1.165) is 16.6 Å². The number of aromatic nitrogens is 2. The summed E-state index contributed by atoms with van der Waals surface area (Å²) in [5.74, 6) is 0.427. The lowest BCUT2D eigenvalue weighted by Crippen LogP contribution is -2.04. The minimum Gasteiger partial charge on any atom is -0.338 e. The van der Waals surface area contributed by atoms with Crippen molar-refractivity contribution < 1.29 is 13.2 Å². The summed E-state index contributed by atoms with van der Waals surface area (Å²) >= 11 is 9.43. The summed E-state index contributed by atoms with van der Waals surface area (Å²) in [6, 6.07) is 8.60. The van der Waals surface area contributed by atoms with E-state index in [4.69, 9.17) is 11.6 Å². The minimum absolute atomic E-state index is 0.316. The van der Waals surface area contributed by atoms with Gasteiger partial charge in [0.05, 0.1) is 21.6 Å². The van der Waals surface area contributed by atoms with Gasteiger partial charge in [-0.1, -0.05) is 27.5 Å². The van der Waals surface area contributed by atoms with E-state index in [1.165, 1.54) is 6.07 Å². The fourth-order valence-corrected chi connectivity index (χ4v) is 2.56. The molecule has 7 heteroatoms. The first-order valence-electron chi connectivity index (χ1n) is 5.87. The van der Waals surface area contributed by atoms with Crippen LogP contribution in [-0.2, 0) is 6.18 Å². The monoisotopic (exact) mass is 374 g/mol. The highest BCUT2D eigenvalue weighted by molar-refractivity contribution is 9.10. The van der Waals surface area contributed by atoms with Crippen LogP contribution in [0.3, 0.4) is 0 Å². The Bertz CT molecular complexity index is 827. The number of hydrogen-bond acceptors (Lipinski definition) is 1. The quantitative estimate of drug-likeness (QED) is 0.584. The molecule has 2 nitrogen and oxygen atoms in total. The molecule has 0 atom stereocenters. The van der Waals surface area contributed by atoms with Gasteiger partial charge in [0, 0.05) is 10.0 Å². The fourth-order valence-electron chi connectivity index (χ4n) is 1.99. The van der Waals surface area contributed by atoms with Crippen LogP contribution in [-0.4, -0.2) is 9.97 Å². The third kappa shape index (κ3) is 2.78. The van der Waals surface area contributed by atoms with E-state index in [2.05, 4.69) is 25.9 Å². The maximum Gasteiger partial charge on any atom is 0.416 e. The Kier molecular flexibility index (Phi) is 3.45.